The lowest BCUT2D eigenvalue weighted by molar-refractivity contribution is 0.412. The van der Waals surface area contributed by atoms with Gasteiger partial charge in [-0.25, -0.2) is 9.50 Å². The van der Waals surface area contributed by atoms with Crippen LogP contribution in [0.4, 0.5) is 5.82 Å². The third-order valence-corrected chi connectivity index (χ3v) is 3.06. The van der Waals surface area contributed by atoms with Crippen molar-refractivity contribution in [1.29, 1.82) is 0 Å². The number of nitrogen functional groups attached to an aromatic ring is 1. The molecule has 3 aromatic rings. The maximum Gasteiger partial charge on any atom is 0.157 e. The molecule has 0 aliphatic carbocycles. The van der Waals surface area contributed by atoms with Crippen molar-refractivity contribution in [3.8, 4) is 16.9 Å². The Kier molecular flexibility index (Phi) is 2.59. The Labute approximate surface area is 110 Å². The zero-order chi connectivity index (χ0) is 13.4. The molecule has 96 valence electrons. The molecular weight excluding hydrogens is 240 g/mol. The summed E-state index contributed by atoms with van der Waals surface area (Å²) in [5.74, 6) is 1.34. The van der Waals surface area contributed by atoms with E-state index in [0.29, 0.717) is 5.82 Å². The van der Waals surface area contributed by atoms with E-state index in [0.717, 1.165) is 28.1 Å². The Morgan fingerprint density at radius 1 is 1.21 bits per heavy atom. The van der Waals surface area contributed by atoms with Crippen molar-refractivity contribution in [2.24, 2.45) is 0 Å². The van der Waals surface area contributed by atoms with E-state index >= 15 is 0 Å². The molecule has 0 radical (unpaired) electrons. The van der Waals surface area contributed by atoms with Crippen molar-refractivity contribution in [1.82, 2.24) is 14.6 Å². The average Bonchev–Trinajstić information content (AvgIpc) is 2.77. The van der Waals surface area contributed by atoms with Crippen molar-refractivity contribution >= 4 is 11.5 Å². The lowest BCUT2D eigenvalue weighted by Crippen LogP contribution is -1.93. The minimum atomic E-state index is 0.468. The molecule has 0 unspecified atom stereocenters. The van der Waals surface area contributed by atoms with Crippen molar-refractivity contribution in [2.75, 3.05) is 12.8 Å². The molecule has 0 aliphatic rings. The second-order valence-electron chi connectivity index (χ2n) is 4.40. The zero-order valence-corrected chi connectivity index (χ0v) is 10.8. The number of fused-ring (bicyclic) bond motifs is 1. The fourth-order valence-corrected chi connectivity index (χ4v) is 2.10. The monoisotopic (exact) mass is 254 g/mol. The van der Waals surface area contributed by atoms with E-state index in [2.05, 4.69) is 16.1 Å². The molecular formula is C14H14N4O. The van der Waals surface area contributed by atoms with Gasteiger partial charge >= 0.3 is 0 Å². The predicted octanol–water partition coefficient (Wildman–Crippen LogP) is 2.30. The van der Waals surface area contributed by atoms with Crippen LogP contribution >= 0.6 is 0 Å². The van der Waals surface area contributed by atoms with Crippen LogP contribution in [0.25, 0.3) is 16.8 Å². The highest BCUT2D eigenvalue weighted by molar-refractivity contribution is 5.65. The molecule has 0 saturated carbocycles. The predicted molar refractivity (Wildman–Crippen MR) is 74.1 cm³/mol. The number of rotatable bonds is 2. The fraction of sp³-hybridized carbons (Fsp3) is 0.143. The molecule has 3 rings (SSSR count). The number of benzene rings is 1. The van der Waals surface area contributed by atoms with E-state index in [4.69, 9.17) is 10.5 Å². The molecule has 2 aromatic heterocycles. The van der Waals surface area contributed by atoms with Gasteiger partial charge in [0.05, 0.1) is 7.11 Å². The van der Waals surface area contributed by atoms with Crippen molar-refractivity contribution in [3.63, 3.8) is 0 Å². The van der Waals surface area contributed by atoms with Crippen LogP contribution in [-0.4, -0.2) is 21.7 Å². The number of hydrogen-bond donors (Lipinski definition) is 1. The summed E-state index contributed by atoms with van der Waals surface area (Å²) in [4.78, 5) is 4.34. The summed E-state index contributed by atoms with van der Waals surface area (Å²) in [6, 6.07) is 7.76. The lowest BCUT2D eigenvalue weighted by atomic mass is 10.1. The SMILES string of the molecule is COc1ccc(-c2cnc3cc(N)nn3c2)cc1C. The summed E-state index contributed by atoms with van der Waals surface area (Å²) in [5, 5.41) is 4.16. The molecule has 2 N–H and O–H groups in total. The van der Waals surface area contributed by atoms with E-state index < -0.39 is 0 Å². The number of methoxy groups -OCH3 is 1. The maximum absolute atomic E-state index is 5.65. The number of aryl methyl sites for hydroxylation is 1. The highest BCUT2D eigenvalue weighted by atomic mass is 16.5. The first-order valence-electron chi connectivity index (χ1n) is 5.93. The third kappa shape index (κ3) is 1.99. The second kappa shape index (κ2) is 4.28. The summed E-state index contributed by atoms with van der Waals surface area (Å²) in [5.41, 5.74) is 9.54. The van der Waals surface area contributed by atoms with Gasteiger partial charge in [0.1, 0.15) is 11.6 Å². The second-order valence-corrected chi connectivity index (χ2v) is 4.40. The molecule has 0 saturated heterocycles. The number of hydrogen-bond acceptors (Lipinski definition) is 4. The Hall–Kier alpha value is -2.56. The van der Waals surface area contributed by atoms with Crippen molar-refractivity contribution < 1.29 is 4.74 Å². The average molecular weight is 254 g/mol. The largest absolute Gasteiger partial charge is 0.496 e. The van der Waals surface area contributed by atoms with E-state index in [-0.39, 0.29) is 0 Å². The number of ether oxygens (including phenoxy) is 1. The Morgan fingerprint density at radius 2 is 2.05 bits per heavy atom. The molecule has 0 aliphatic heterocycles. The van der Waals surface area contributed by atoms with Crippen LogP contribution < -0.4 is 10.5 Å². The zero-order valence-electron chi connectivity index (χ0n) is 10.8. The quantitative estimate of drug-likeness (QED) is 0.762. The van der Waals surface area contributed by atoms with E-state index in [1.807, 2.05) is 31.5 Å². The maximum atomic E-state index is 5.65. The first-order valence-corrected chi connectivity index (χ1v) is 5.93. The molecule has 0 amide bonds. The first kappa shape index (κ1) is 11.5. The summed E-state index contributed by atoms with van der Waals surface area (Å²) in [6.45, 7) is 2.01. The third-order valence-electron chi connectivity index (χ3n) is 3.06. The highest BCUT2D eigenvalue weighted by Crippen LogP contribution is 2.25. The molecule has 0 spiro atoms. The van der Waals surface area contributed by atoms with Crippen LogP contribution in [0.3, 0.4) is 0 Å². The fourth-order valence-electron chi connectivity index (χ4n) is 2.10. The summed E-state index contributed by atoms with van der Waals surface area (Å²) in [7, 11) is 1.67. The molecule has 19 heavy (non-hydrogen) atoms. The van der Waals surface area contributed by atoms with Crippen molar-refractivity contribution in [2.45, 2.75) is 6.92 Å². The van der Waals surface area contributed by atoms with E-state index in [9.17, 15) is 0 Å². The molecule has 5 heteroatoms. The normalized spacial score (nSPS) is 10.8. The Morgan fingerprint density at radius 3 is 2.79 bits per heavy atom. The van der Waals surface area contributed by atoms with Gasteiger partial charge in [0.15, 0.2) is 5.65 Å². The van der Waals surface area contributed by atoms with Gasteiger partial charge in [-0.15, -0.1) is 5.10 Å². The Balaban J connectivity index is 2.10. The summed E-state index contributed by atoms with van der Waals surface area (Å²) < 4.78 is 6.94. The minimum Gasteiger partial charge on any atom is -0.496 e. The van der Waals surface area contributed by atoms with Gasteiger partial charge in [-0.3, -0.25) is 0 Å². The van der Waals surface area contributed by atoms with Gasteiger partial charge in [0.25, 0.3) is 0 Å². The molecule has 2 heterocycles. The van der Waals surface area contributed by atoms with Crippen LogP contribution in [0, 0.1) is 6.92 Å². The van der Waals surface area contributed by atoms with Gasteiger partial charge < -0.3 is 10.5 Å². The van der Waals surface area contributed by atoms with Gasteiger partial charge in [-0.2, -0.15) is 0 Å². The molecule has 0 fully saturated rings. The van der Waals surface area contributed by atoms with Gasteiger partial charge in [-0.1, -0.05) is 6.07 Å². The molecule has 1 aromatic carbocycles. The topological polar surface area (TPSA) is 65.4 Å². The standard InChI is InChI=1S/C14H14N4O/c1-9-5-10(3-4-12(9)19-2)11-7-16-14-6-13(15)17-18(14)8-11/h3-8H,1-2H3,(H2,15,17). The molecule has 5 nitrogen and oxygen atoms in total. The van der Waals surface area contributed by atoms with Crippen LogP contribution in [0.5, 0.6) is 5.75 Å². The minimum absolute atomic E-state index is 0.468. The number of aromatic nitrogens is 3. The smallest absolute Gasteiger partial charge is 0.157 e. The number of anilines is 1. The molecule has 0 bridgehead atoms. The van der Waals surface area contributed by atoms with Gasteiger partial charge in [0, 0.05) is 24.0 Å². The van der Waals surface area contributed by atoms with Crippen molar-refractivity contribution in [3.05, 3.63) is 42.2 Å². The van der Waals surface area contributed by atoms with Crippen LogP contribution in [0.2, 0.25) is 0 Å². The van der Waals surface area contributed by atoms with Gasteiger partial charge in [0.2, 0.25) is 0 Å². The van der Waals surface area contributed by atoms with E-state index in [1.165, 1.54) is 0 Å². The summed E-state index contributed by atoms with van der Waals surface area (Å²) in [6.07, 6.45) is 3.73. The summed E-state index contributed by atoms with van der Waals surface area (Å²) >= 11 is 0. The van der Waals surface area contributed by atoms with Crippen LogP contribution in [0.1, 0.15) is 5.56 Å². The Bertz CT molecular complexity index is 748. The lowest BCUT2D eigenvalue weighted by Gasteiger charge is -2.07. The number of nitrogens with two attached hydrogens (primary N) is 1. The first-order chi connectivity index (χ1) is 9.17. The van der Waals surface area contributed by atoms with Gasteiger partial charge in [-0.05, 0) is 30.2 Å². The van der Waals surface area contributed by atoms with Crippen LogP contribution in [-0.2, 0) is 0 Å². The van der Waals surface area contributed by atoms with E-state index in [1.54, 1.807) is 17.7 Å². The number of nitrogens with zero attached hydrogens (tertiary/aromatic N) is 3. The van der Waals surface area contributed by atoms with Crippen LogP contribution in [0.15, 0.2) is 36.7 Å². The highest BCUT2D eigenvalue weighted by Gasteiger charge is 2.05. The molecule has 0 atom stereocenters.